The van der Waals surface area contributed by atoms with Gasteiger partial charge in [-0.1, -0.05) is 33.6 Å². The minimum absolute atomic E-state index is 0.0257. The van der Waals surface area contributed by atoms with Crippen LogP contribution in [0.2, 0.25) is 0 Å². The van der Waals surface area contributed by atoms with Crippen LogP contribution in [-0.4, -0.2) is 131 Å². The summed E-state index contributed by atoms with van der Waals surface area (Å²) in [6.45, 7) is 18.0. The molecule has 6 bridgehead atoms. The summed E-state index contributed by atoms with van der Waals surface area (Å²) in [4.78, 5) is 68.7. The van der Waals surface area contributed by atoms with E-state index in [0.29, 0.717) is 57.0 Å². The van der Waals surface area contributed by atoms with Crippen LogP contribution >= 0.6 is 0 Å². The normalized spacial score (nSPS) is 20.2. The second-order valence-electron chi connectivity index (χ2n) is 20.0. The van der Waals surface area contributed by atoms with E-state index in [2.05, 4.69) is 66.1 Å². The van der Waals surface area contributed by atoms with Crippen molar-refractivity contribution in [3.05, 3.63) is 59.7 Å². The number of aromatic nitrogens is 3. The van der Waals surface area contributed by atoms with Crippen molar-refractivity contribution >= 4 is 34.6 Å². The van der Waals surface area contributed by atoms with Crippen LogP contribution in [0.4, 0.5) is 0 Å². The van der Waals surface area contributed by atoms with Crippen molar-refractivity contribution in [1.29, 1.82) is 0 Å². The average molecular weight is 921 g/mol. The Morgan fingerprint density at radius 2 is 1.90 bits per heavy atom. The van der Waals surface area contributed by atoms with Gasteiger partial charge in [0, 0.05) is 73.4 Å². The molecule has 0 radical (unpaired) electrons. The summed E-state index contributed by atoms with van der Waals surface area (Å²) >= 11 is 0. The quantitative estimate of drug-likeness (QED) is 0.142. The Morgan fingerprint density at radius 1 is 1.13 bits per heavy atom. The number of benzene rings is 1. The molecule has 4 aromatic rings. The number of oxazole rings is 1. The van der Waals surface area contributed by atoms with Gasteiger partial charge in [0.15, 0.2) is 0 Å². The van der Waals surface area contributed by atoms with Crippen LogP contribution in [0.3, 0.4) is 0 Å². The summed E-state index contributed by atoms with van der Waals surface area (Å²) in [7, 11) is 5.51. The van der Waals surface area contributed by atoms with Crippen LogP contribution in [0.25, 0.3) is 33.6 Å². The molecule has 16 heteroatoms. The molecule has 0 unspecified atom stereocenters. The van der Waals surface area contributed by atoms with Crippen LogP contribution in [-0.2, 0) is 52.8 Å². The maximum absolute atomic E-state index is 14.5. The van der Waals surface area contributed by atoms with Gasteiger partial charge < -0.3 is 33.4 Å². The highest BCUT2D eigenvalue weighted by atomic mass is 16.5. The molecule has 0 spiro atoms. The molecule has 0 aliphatic carbocycles. The molecule has 3 amide bonds. The molecule has 2 N–H and O–H groups in total. The van der Waals surface area contributed by atoms with Crippen molar-refractivity contribution in [2.45, 2.75) is 117 Å². The van der Waals surface area contributed by atoms with Gasteiger partial charge in [-0.25, -0.2) is 10.4 Å². The fraction of sp³-hybridized carbons (Fsp3) is 0.569. The number of amides is 3. The molecule has 16 nitrogen and oxygen atoms in total. The zero-order chi connectivity index (χ0) is 48.4. The molecule has 3 aliphatic rings. The highest BCUT2D eigenvalue weighted by Gasteiger charge is 2.38. The van der Waals surface area contributed by atoms with E-state index in [9.17, 15) is 19.2 Å². The lowest BCUT2D eigenvalue weighted by molar-refractivity contribution is -0.155. The first kappa shape index (κ1) is 49.3. The monoisotopic (exact) mass is 921 g/mol. The highest BCUT2D eigenvalue weighted by Crippen LogP contribution is 2.42. The number of ether oxygens (including phenoxy) is 3. The van der Waals surface area contributed by atoms with E-state index in [4.69, 9.17) is 28.6 Å². The fourth-order valence-electron chi connectivity index (χ4n) is 8.76. The van der Waals surface area contributed by atoms with Gasteiger partial charge in [-0.05, 0) is 109 Å². The van der Waals surface area contributed by atoms with Crippen molar-refractivity contribution in [3.63, 3.8) is 0 Å². The molecule has 6 heterocycles. The summed E-state index contributed by atoms with van der Waals surface area (Å²) in [5.41, 5.74) is 8.27. The number of hydrogen-bond acceptors (Lipinski definition) is 12. The maximum atomic E-state index is 14.5. The van der Waals surface area contributed by atoms with E-state index in [1.165, 1.54) is 11.3 Å². The molecular formula is C51H68N8O8. The predicted octanol–water partition coefficient (Wildman–Crippen LogP) is 5.58. The van der Waals surface area contributed by atoms with Gasteiger partial charge in [-0.3, -0.25) is 34.1 Å². The maximum Gasteiger partial charge on any atom is 0.324 e. The molecule has 3 aromatic heterocycles. The third-order valence-electron chi connectivity index (χ3n) is 13.5. The first-order valence-corrected chi connectivity index (χ1v) is 23.5. The number of nitrogens with one attached hydrogen (secondary N) is 2. The number of rotatable bonds is 11. The summed E-state index contributed by atoms with van der Waals surface area (Å²) in [5.74, 6) is 3.94. The Morgan fingerprint density at radius 3 is 2.60 bits per heavy atom. The number of carbonyl (C=O) groups excluding carboxylic acids is 4. The van der Waals surface area contributed by atoms with Crippen LogP contribution in [0.1, 0.15) is 91.3 Å². The van der Waals surface area contributed by atoms with Crippen molar-refractivity contribution < 1.29 is 37.8 Å². The number of nitrogens with zero attached hydrogens (tertiary/aromatic N) is 6. The second-order valence-corrected chi connectivity index (χ2v) is 20.0. The largest absolute Gasteiger partial charge is 0.464 e. The number of aryl methyl sites for hydroxylation is 1. The molecule has 2 saturated heterocycles. The molecule has 7 rings (SSSR count). The fourth-order valence-corrected chi connectivity index (χ4v) is 8.76. The smallest absolute Gasteiger partial charge is 0.324 e. The third-order valence-corrected chi connectivity index (χ3v) is 13.5. The third kappa shape index (κ3) is 10.9. The molecule has 67 heavy (non-hydrogen) atoms. The Hall–Kier alpha value is -5.60. The van der Waals surface area contributed by atoms with Gasteiger partial charge in [0.1, 0.15) is 18.3 Å². The van der Waals surface area contributed by atoms with E-state index >= 15 is 0 Å². The molecular weight excluding hydrogens is 853 g/mol. The summed E-state index contributed by atoms with van der Waals surface area (Å²) < 4.78 is 26.5. The standard InChI is InChI=1S/C51H68N8O8/c1-12-58-42-18-17-33-23-37(42)38(45(58)36-15-13-21-52-44(36)32(4)64-11)25-50(5,6)30-67-49(63)40-16-14-22-59(55-40)48(62)41(24-34-28-66-47(33)53-34)54-46(61)39(31(2)3)29-65-35-26-57(27-35)43(60)19-20-51(7,8)56(9)10/h13,15,17-18,21,23,28,31-32,35,39-41,55H,12,14,16,22,24-27,29-30H2,1-11H3,(H,54,61)/t32-,39-,40-,41-/m0/s1. The Balaban J connectivity index is 1.18. The van der Waals surface area contributed by atoms with Crippen molar-refractivity contribution in [2.75, 3.05) is 54.1 Å². The van der Waals surface area contributed by atoms with Crippen molar-refractivity contribution in [2.24, 2.45) is 17.3 Å². The second kappa shape index (κ2) is 20.3. The van der Waals surface area contributed by atoms with E-state index in [0.717, 1.165) is 39.0 Å². The lowest BCUT2D eigenvalue weighted by Gasteiger charge is -2.38. The van der Waals surface area contributed by atoms with Gasteiger partial charge in [0.2, 0.25) is 11.8 Å². The molecule has 4 atom stereocenters. The summed E-state index contributed by atoms with van der Waals surface area (Å²) in [5, 5.41) is 5.46. The topological polar surface area (TPSA) is 174 Å². The number of hydrazine groups is 1. The number of carbonyl (C=O) groups is 4. The average Bonchev–Trinajstić information content (AvgIpc) is 3.88. The van der Waals surface area contributed by atoms with E-state index in [1.807, 2.05) is 65.7 Å². The molecule has 3 aliphatic heterocycles. The van der Waals surface area contributed by atoms with Gasteiger partial charge in [-0.2, -0.15) is 0 Å². The zero-order valence-electron chi connectivity index (χ0n) is 41.0. The number of esters is 1. The van der Waals surface area contributed by atoms with Crippen LogP contribution in [0.15, 0.2) is 47.2 Å². The van der Waals surface area contributed by atoms with E-state index in [1.54, 1.807) is 18.2 Å². The number of cyclic esters (lactones) is 1. The van der Waals surface area contributed by atoms with E-state index in [-0.39, 0.29) is 49.6 Å². The summed E-state index contributed by atoms with van der Waals surface area (Å²) in [6.07, 6.45) is 4.41. The SMILES string of the molecule is CCn1c(-c2cccnc2[C@H](C)OC)c2c3cc(ccc31)-c1nc(co1)C[C@H](NC(=O)[C@@H](COC1CN(C(=O)C#CC(C)(C)N(C)C)C1)C(C)C)C(=O)N1CCC[C@H](N1)C(=O)OCC(C)(C)C2. The first-order valence-electron chi connectivity index (χ1n) is 23.5. The van der Waals surface area contributed by atoms with Gasteiger partial charge in [0.25, 0.3) is 11.8 Å². The van der Waals surface area contributed by atoms with Gasteiger partial charge >= 0.3 is 5.97 Å². The first-order chi connectivity index (χ1) is 31.8. The zero-order valence-corrected chi connectivity index (χ0v) is 41.0. The molecule has 0 saturated carbocycles. The lowest BCUT2D eigenvalue weighted by atomic mass is 9.84. The van der Waals surface area contributed by atoms with Gasteiger partial charge in [0.05, 0.1) is 54.0 Å². The Bertz CT molecular complexity index is 2520. The van der Waals surface area contributed by atoms with E-state index < -0.39 is 40.8 Å². The van der Waals surface area contributed by atoms with Crippen LogP contribution in [0.5, 0.6) is 0 Å². The summed E-state index contributed by atoms with van der Waals surface area (Å²) in [6, 6.07) is 8.34. The minimum atomic E-state index is -1.06. The predicted molar refractivity (Wildman–Crippen MR) is 254 cm³/mol. The number of pyridine rings is 1. The van der Waals surface area contributed by atoms with Crippen LogP contribution in [0, 0.1) is 29.1 Å². The van der Waals surface area contributed by atoms with Crippen LogP contribution < -0.4 is 10.7 Å². The Labute approximate surface area is 394 Å². The minimum Gasteiger partial charge on any atom is -0.464 e. The van der Waals surface area contributed by atoms with Crippen molar-refractivity contribution in [1.82, 2.24) is 40.1 Å². The molecule has 2 fully saturated rings. The number of likely N-dealkylation sites (tertiary alicyclic amines) is 1. The van der Waals surface area contributed by atoms with Crippen molar-refractivity contribution in [3.8, 4) is 34.6 Å². The lowest BCUT2D eigenvalue weighted by Crippen LogP contribution is -2.61. The number of fused-ring (bicyclic) bond motifs is 6. The Kier molecular flexibility index (Phi) is 15.0. The highest BCUT2D eigenvalue weighted by molar-refractivity contribution is 5.95. The molecule has 1 aromatic carbocycles. The van der Waals surface area contributed by atoms with Gasteiger partial charge in [-0.15, -0.1) is 0 Å². The number of hydrogen-bond donors (Lipinski definition) is 2. The molecule has 360 valence electrons. The number of methoxy groups -OCH3 is 1.